The highest BCUT2D eigenvalue weighted by Gasteiger charge is 2.32. The van der Waals surface area contributed by atoms with E-state index in [-0.39, 0.29) is 11.5 Å². The lowest BCUT2D eigenvalue weighted by molar-refractivity contribution is -0.122. The number of rotatable bonds is 9. The maximum atomic E-state index is 13.4. The summed E-state index contributed by atoms with van der Waals surface area (Å²) in [7, 11) is 3.25. The second kappa shape index (κ2) is 11.0. The molecule has 0 aliphatic carbocycles. The van der Waals surface area contributed by atoms with Gasteiger partial charge in [-0.1, -0.05) is 42.2 Å². The zero-order chi connectivity index (χ0) is 24.9. The molecular formula is C25H26N4O4S2. The molecule has 0 saturated carbocycles. The number of hydrogen-bond acceptors (Lipinski definition) is 8. The topological polar surface area (TPSA) is 85.2 Å². The van der Waals surface area contributed by atoms with Gasteiger partial charge in [-0.3, -0.25) is 18.9 Å². The van der Waals surface area contributed by atoms with Gasteiger partial charge in [0.1, 0.15) is 21.5 Å². The van der Waals surface area contributed by atoms with Gasteiger partial charge >= 0.3 is 0 Å². The van der Waals surface area contributed by atoms with Crippen LogP contribution in [0.1, 0.15) is 23.1 Å². The Morgan fingerprint density at radius 2 is 1.94 bits per heavy atom. The number of nitrogens with zero attached hydrogens (tertiary/aromatic N) is 3. The summed E-state index contributed by atoms with van der Waals surface area (Å²) in [6.07, 6.45) is 4.02. The van der Waals surface area contributed by atoms with Crippen LogP contribution in [0.2, 0.25) is 0 Å². The predicted molar refractivity (Wildman–Crippen MR) is 143 cm³/mol. The fraction of sp³-hybridized carbons (Fsp3) is 0.280. The standard InChI is InChI=1S/C25H26N4O4S2/c1-16-6-4-12-28-22(16)27-21(26-11-5-13-32-2)19(23(28)30)14-20-24(31)29(25(34)35-20)15-17-7-9-18(33-3)10-8-17/h4,6-10,12,14,26H,5,11,13,15H2,1-3H3. The number of hydrogen-bond donors (Lipinski definition) is 1. The molecule has 1 aliphatic rings. The number of thiocarbonyl (C=S) groups is 1. The Bertz CT molecular complexity index is 1350. The smallest absolute Gasteiger partial charge is 0.267 e. The van der Waals surface area contributed by atoms with Gasteiger partial charge in [0.05, 0.1) is 24.1 Å². The number of methoxy groups -OCH3 is 2. The number of carbonyl (C=O) groups excluding carboxylic acids is 1. The fourth-order valence-electron chi connectivity index (χ4n) is 3.68. The second-order valence-corrected chi connectivity index (χ2v) is 9.63. The summed E-state index contributed by atoms with van der Waals surface area (Å²) >= 11 is 6.67. The first-order valence-corrected chi connectivity index (χ1v) is 12.3. The lowest BCUT2D eigenvalue weighted by Crippen LogP contribution is -2.27. The number of thioether (sulfide) groups is 1. The summed E-state index contributed by atoms with van der Waals surface area (Å²) in [5.41, 5.74) is 2.42. The van der Waals surface area contributed by atoms with Crippen LogP contribution in [-0.4, -0.2) is 51.9 Å². The Kier molecular flexibility index (Phi) is 7.84. The van der Waals surface area contributed by atoms with Crippen LogP contribution < -0.4 is 15.6 Å². The van der Waals surface area contributed by atoms with Crippen LogP contribution in [0.4, 0.5) is 5.82 Å². The lowest BCUT2D eigenvalue weighted by Gasteiger charge is -2.15. The van der Waals surface area contributed by atoms with Gasteiger partial charge < -0.3 is 14.8 Å². The number of aryl methyl sites for hydroxylation is 1. The van der Waals surface area contributed by atoms with Crippen molar-refractivity contribution in [3.63, 3.8) is 0 Å². The molecule has 4 rings (SSSR count). The Hall–Kier alpha value is -3.21. The van der Waals surface area contributed by atoms with Crippen molar-refractivity contribution in [3.05, 3.63) is 74.5 Å². The van der Waals surface area contributed by atoms with E-state index in [0.717, 1.165) is 23.3 Å². The van der Waals surface area contributed by atoms with Crippen LogP contribution in [0.25, 0.3) is 11.7 Å². The fourth-order valence-corrected chi connectivity index (χ4v) is 4.92. The number of pyridine rings is 1. The molecular weight excluding hydrogens is 484 g/mol. The molecule has 0 bridgehead atoms. The number of anilines is 1. The second-order valence-electron chi connectivity index (χ2n) is 7.95. The highest BCUT2D eigenvalue weighted by molar-refractivity contribution is 8.26. The number of benzene rings is 1. The van der Waals surface area contributed by atoms with Crippen molar-refractivity contribution in [2.75, 3.05) is 32.7 Å². The number of fused-ring (bicyclic) bond motifs is 1. The van der Waals surface area contributed by atoms with Crippen molar-refractivity contribution in [1.29, 1.82) is 0 Å². The van der Waals surface area contributed by atoms with Crippen molar-refractivity contribution in [2.45, 2.75) is 19.9 Å². The maximum Gasteiger partial charge on any atom is 0.267 e. The average molecular weight is 511 g/mol. The van der Waals surface area contributed by atoms with Gasteiger partial charge in [0.2, 0.25) is 0 Å². The van der Waals surface area contributed by atoms with Gasteiger partial charge in [-0.15, -0.1) is 0 Å². The molecule has 10 heteroatoms. The molecule has 2 aromatic heterocycles. The third-order valence-corrected chi connectivity index (χ3v) is 6.93. The molecule has 1 amide bonds. The Labute approximate surface area is 212 Å². The molecule has 8 nitrogen and oxygen atoms in total. The summed E-state index contributed by atoms with van der Waals surface area (Å²) in [5.74, 6) is 0.930. The van der Waals surface area contributed by atoms with Gasteiger partial charge in [-0.05, 0) is 48.7 Å². The first-order chi connectivity index (χ1) is 16.9. The van der Waals surface area contributed by atoms with E-state index in [9.17, 15) is 9.59 Å². The number of aromatic nitrogens is 2. The van der Waals surface area contributed by atoms with E-state index in [1.54, 1.807) is 32.6 Å². The van der Waals surface area contributed by atoms with E-state index in [2.05, 4.69) is 5.32 Å². The Balaban J connectivity index is 1.68. The molecule has 1 N–H and O–H groups in total. The van der Waals surface area contributed by atoms with E-state index < -0.39 is 0 Å². The molecule has 3 aromatic rings. The predicted octanol–water partition coefficient (Wildman–Crippen LogP) is 3.86. The minimum absolute atomic E-state index is 0.241. The zero-order valence-electron chi connectivity index (χ0n) is 19.7. The molecule has 0 spiro atoms. The van der Waals surface area contributed by atoms with Crippen molar-refractivity contribution in [2.24, 2.45) is 0 Å². The van der Waals surface area contributed by atoms with Gasteiger partial charge in [0, 0.05) is 26.5 Å². The number of amides is 1. The monoisotopic (exact) mass is 510 g/mol. The highest BCUT2D eigenvalue weighted by Crippen LogP contribution is 2.34. The van der Waals surface area contributed by atoms with Crippen LogP contribution in [0.5, 0.6) is 5.75 Å². The van der Waals surface area contributed by atoms with Crippen molar-refractivity contribution in [3.8, 4) is 5.75 Å². The SMILES string of the molecule is COCCCNc1nc2c(C)cccn2c(=O)c1C=C1SC(=S)N(Cc2ccc(OC)cc2)C1=O. The van der Waals surface area contributed by atoms with Crippen molar-refractivity contribution >= 4 is 51.7 Å². The van der Waals surface area contributed by atoms with Gasteiger partial charge in [0.15, 0.2) is 0 Å². The minimum atomic E-state index is -0.256. The largest absolute Gasteiger partial charge is 0.497 e. The minimum Gasteiger partial charge on any atom is -0.497 e. The van der Waals surface area contributed by atoms with E-state index in [1.165, 1.54) is 21.1 Å². The summed E-state index contributed by atoms with van der Waals surface area (Å²) in [6, 6.07) is 11.2. The molecule has 3 heterocycles. The third kappa shape index (κ3) is 5.39. The molecule has 182 valence electrons. The van der Waals surface area contributed by atoms with Gasteiger partial charge in [0.25, 0.3) is 11.5 Å². The zero-order valence-corrected chi connectivity index (χ0v) is 21.4. The molecule has 1 aliphatic heterocycles. The van der Waals surface area contributed by atoms with E-state index in [1.807, 2.05) is 37.3 Å². The average Bonchev–Trinajstić information content (AvgIpc) is 3.12. The van der Waals surface area contributed by atoms with E-state index in [0.29, 0.717) is 46.0 Å². The number of nitrogens with one attached hydrogen (secondary N) is 1. The van der Waals surface area contributed by atoms with Crippen LogP contribution in [0.15, 0.2) is 52.3 Å². The van der Waals surface area contributed by atoms with Gasteiger partial charge in [-0.2, -0.15) is 0 Å². The van der Waals surface area contributed by atoms with Crippen LogP contribution in [0, 0.1) is 6.92 Å². The number of carbonyl (C=O) groups is 1. The molecule has 35 heavy (non-hydrogen) atoms. The van der Waals surface area contributed by atoms with Crippen molar-refractivity contribution in [1.82, 2.24) is 14.3 Å². The Morgan fingerprint density at radius 1 is 1.17 bits per heavy atom. The molecule has 1 fully saturated rings. The quantitative estimate of drug-likeness (QED) is 0.264. The van der Waals surface area contributed by atoms with Crippen molar-refractivity contribution < 1.29 is 14.3 Å². The molecule has 1 aromatic carbocycles. The summed E-state index contributed by atoms with van der Waals surface area (Å²) < 4.78 is 12.3. The maximum absolute atomic E-state index is 13.4. The first-order valence-electron chi connectivity index (χ1n) is 11.1. The summed E-state index contributed by atoms with van der Waals surface area (Å²) in [4.78, 5) is 33.3. The summed E-state index contributed by atoms with van der Waals surface area (Å²) in [5, 5.41) is 3.24. The molecule has 0 unspecified atom stereocenters. The van der Waals surface area contributed by atoms with Crippen LogP contribution >= 0.6 is 24.0 Å². The first kappa shape index (κ1) is 24.9. The van der Waals surface area contributed by atoms with Crippen LogP contribution in [-0.2, 0) is 16.1 Å². The van der Waals surface area contributed by atoms with E-state index >= 15 is 0 Å². The lowest BCUT2D eigenvalue weighted by atomic mass is 10.2. The van der Waals surface area contributed by atoms with E-state index in [4.69, 9.17) is 26.7 Å². The Morgan fingerprint density at radius 3 is 2.66 bits per heavy atom. The summed E-state index contributed by atoms with van der Waals surface area (Å²) in [6.45, 7) is 3.39. The third-order valence-electron chi connectivity index (χ3n) is 5.55. The van der Waals surface area contributed by atoms with Crippen LogP contribution in [0.3, 0.4) is 0 Å². The normalized spacial score (nSPS) is 14.8. The van der Waals surface area contributed by atoms with Gasteiger partial charge in [-0.25, -0.2) is 4.98 Å². The molecule has 0 atom stereocenters. The molecule has 1 saturated heterocycles. The number of ether oxygens (including phenoxy) is 2. The highest BCUT2D eigenvalue weighted by atomic mass is 32.2. The molecule has 0 radical (unpaired) electrons.